The van der Waals surface area contributed by atoms with Crippen molar-refractivity contribution in [2.75, 3.05) is 6.61 Å². The van der Waals surface area contributed by atoms with Gasteiger partial charge in [-0.25, -0.2) is 13.6 Å². The van der Waals surface area contributed by atoms with Gasteiger partial charge in [-0.15, -0.1) is 0 Å². The van der Waals surface area contributed by atoms with Crippen molar-refractivity contribution in [2.24, 2.45) is 0 Å². The molecule has 1 N–H and O–H groups in total. The molecule has 1 amide bonds. The smallest absolute Gasteiger partial charge is 0.340 e. The van der Waals surface area contributed by atoms with Crippen molar-refractivity contribution in [3.63, 3.8) is 0 Å². The van der Waals surface area contributed by atoms with Crippen molar-refractivity contribution in [1.29, 1.82) is 0 Å². The molecule has 2 rings (SSSR count). The molecule has 26 heavy (non-hydrogen) atoms. The zero-order valence-corrected chi connectivity index (χ0v) is 15.6. The van der Waals surface area contributed by atoms with E-state index in [2.05, 4.69) is 5.32 Å². The minimum atomic E-state index is -1.25. The van der Waals surface area contributed by atoms with E-state index in [9.17, 15) is 18.4 Å². The molecule has 0 saturated heterocycles. The van der Waals surface area contributed by atoms with Crippen molar-refractivity contribution in [3.05, 3.63) is 68.2 Å². The van der Waals surface area contributed by atoms with Crippen molar-refractivity contribution < 1.29 is 23.1 Å². The monoisotopic (exact) mass is 421 g/mol. The Labute approximate surface area is 163 Å². The highest BCUT2D eigenvalue weighted by Gasteiger charge is 2.18. The molecular formula is C17H12Cl3F2NO3. The Morgan fingerprint density at radius 3 is 2.35 bits per heavy atom. The van der Waals surface area contributed by atoms with Gasteiger partial charge in [0.25, 0.3) is 5.91 Å². The summed E-state index contributed by atoms with van der Waals surface area (Å²) in [6.07, 6.45) is 0. The summed E-state index contributed by atoms with van der Waals surface area (Å²) in [5, 5.41) is 3.00. The predicted octanol–water partition coefficient (Wildman–Crippen LogP) is 4.96. The summed E-state index contributed by atoms with van der Waals surface area (Å²) in [6.45, 7) is 1.07. The van der Waals surface area contributed by atoms with E-state index in [1.807, 2.05) is 0 Å². The summed E-state index contributed by atoms with van der Waals surface area (Å²) in [7, 11) is 0. The second kappa shape index (κ2) is 8.66. The highest BCUT2D eigenvalue weighted by Crippen LogP contribution is 2.25. The molecule has 2 aromatic carbocycles. The molecule has 0 aliphatic heterocycles. The van der Waals surface area contributed by atoms with Gasteiger partial charge in [0, 0.05) is 0 Å². The van der Waals surface area contributed by atoms with Gasteiger partial charge in [0.1, 0.15) is 0 Å². The predicted molar refractivity (Wildman–Crippen MR) is 94.7 cm³/mol. The molecule has 1 unspecified atom stereocenters. The van der Waals surface area contributed by atoms with Gasteiger partial charge < -0.3 is 10.1 Å². The van der Waals surface area contributed by atoms with Crippen molar-refractivity contribution >= 4 is 46.7 Å². The summed E-state index contributed by atoms with van der Waals surface area (Å²) < 4.78 is 31.0. The van der Waals surface area contributed by atoms with Gasteiger partial charge in [-0.3, -0.25) is 4.79 Å². The van der Waals surface area contributed by atoms with Crippen LogP contribution in [0.4, 0.5) is 8.78 Å². The maximum Gasteiger partial charge on any atom is 0.340 e. The van der Waals surface area contributed by atoms with Crippen molar-refractivity contribution in [1.82, 2.24) is 5.32 Å². The third kappa shape index (κ3) is 5.06. The first kappa shape index (κ1) is 20.4. The topological polar surface area (TPSA) is 55.4 Å². The standard InChI is InChI=1S/C17H12Cl3F2NO3/c1-8(9-2-3-11(18)13(20)4-9)23-16(24)7-26-17(25)10-5-14(21)15(22)6-12(10)19/h2-6,8H,7H2,1H3,(H,23,24). The fraction of sp³-hybridized carbons (Fsp3) is 0.176. The first-order valence-corrected chi connectivity index (χ1v) is 8.38. The summed E-state index contributed by atoms with van der Waals surface area (Å²) in [4.78, 5) is 23.8. The molecule has 0 aliphatic rings. The number of rotatable bonds is 5. The fourth-order valence-electron chi connectivity index (χ4n) is 2.04. The highest BCUT2D eigenvalue weighted by molar-refractivity contribution is 6.42. The first-order valence-electron chi connectivity index (χ1n) is 7.25. The van der Waals surface area contributed by atoms with Crippen LogP contribution < -0.4 is 5.32 Å². The quantitative estimate of drug-likeness (QED) is 0.547. The van der Waals surface area contributed by atoms with Crippen LogP contribution in [-0.2, 0) is 9.53 Å². The lowest BCUT2D eigenvalue weighted by Crippen LogP contribution is -2.31. The molecule has 0 aromatic heterocycles. The van der Waals surface area contributed by atoms with E-state index in [1.165, 1.54) is 0 Å². The molecule has 138 valence electrons. The summed E-state index contributed by atoms with van der Waals surface area (Å²) in [5.74, 6) is -4.10. The average molecular weight is 423 g/mol. The van der Waals surface area contributed by atoms with E-state index in [4.69, 9.17) is 39.5 Å². The first-order chi connectivity index (χ1) is 12.2. The van der Waals surface area contributed by atoms with Crippen LogP contribution in [0.3, 0.4) is 0 Å². The number of carbonyl (C=O) groups excluding carboxylic acids is 2. The largest absolute Gasteiger partial charge is 0.452 e. The Kier molecular flexibility index (Phi) is 6.81. The third-order valence-corrected chi connectivity index (χ3v) is 4.44. The van der Waals surface area contributed by atoms with Crippen LogP contribution in [0.2, 0.25) is 15.1 Å². The number of ether oxygens (including phenoxy) is 1. The summed E-state index contributed by atoms with van der Waals surface area (Å²) in [5.41, 5.74) is 0.318. The van der Waals surface area contributed by atoms with E-state index in [0.717, 1.165) is 0 Å². The molecular weight excluding hydrogens is 411 g/mol. The van der Waals surface area contributed by atoms with Crippen LogP contribution >= 0.6 is 34.8 Å². The molecule has 0 aliphatic carbocycles. The molecule has 0 saturated carbocycles. The van der Waals surface area contributed by atoms with E-state index in [1.54, 1.807) is 25.1 Å². The van der Waals surface area contributed by atoms with E-state index in [-0.39, 0.29) is 10.6 Å². The Morgan fingerprint density at radius 1 is 1.04 bits per heavy atom. The van der Waals surface area contributed by atoms with E-state index >= 15 is 0 Å². The van der Waals surface area contributed by atoms with E-state index < -0.39 is 36.2 Å². The number of carbonyl (C=O) groups is 2. The molecule has 0 spiro atoms. The molecule has 0 radical (unpaired) electrons. The fourth-order valence-corrected chi connectivity index (χ4v) is 2.57. The zero-order valence-electron chi connectivity index (χ0n) is 13.3. The maximum absolute atomic E-state index is 13.2. The minimum Gasteiger partial charge on any atom is -0.452 e. The van der Waals surface area contributed by atoms with Crippen molar-refractivity contribution in [3.8, 4) is 0 Å². The Balaban J connectivity index is 1.95. The highest BCUT2D eigenvalue weighted by atomic mass is 35.5. The maximum atomic E-state index is 13.2. The zero-order chi connectivity index (χ0) is 19.4. The Hall–Kier alpha value is -1.89. The lowest BCUT2D eigenvalue weighted by molar-refractivity contribution is -0.124. The number of amides is 1. The van der Waals surface area contributed by atoms with Gasteiger partial charge >= 0.3 is 5.97 Å². The average Bonchev–Trinajstić information content (AvgIpc) is 2.58. The summed E-state index contributed by atoms with van der Waals surface area (Å²) in [6, 6.07) is 5.71. The lowest BCUT2D eigenvalue weighted by atomic mass is 10.1. The molecule has 0 fully saturated rings. The Morgan fingerprint density at radius 2 is 1.69 bits per heavy atom. The van der Waals surface area contributed by atoms with E-state index in [0.29, 0.717) is 27.7 Å². The van der Waals surface area contributed by atoms with Crippen LogP contribution in [0.5, 0.6) is 0 Å². The minimum absolute atomic E-state index is 0.321. The SMILES string of the molecule is CC(NC(=O)COC(=O)c1cc(F)c(F)cc1Cl)c1ccc(Cl)c(Cl)c1. The van der Waals surface area contributed by atoms with Crippen LogP contribution in [-0.4, -0.2) is 18.5 Å². The van der Waals surface area contributed by atoms with Gasteiger partial charge in [0.05, 0.1) is 26.7 Å². The molecule has 0 bridgehead atoms. The van der Waals surface area contributed by atoms with Gasteiger partial charge in [0.15, 0.2) is 18.2 Å². The van der Waals surface area contributed by atoms with Gasteiger partial charge in [0.2, 0.25) is 0 Å². The number of halogens is 5. The molecule has 1 atom stereocenters. The third-order valence-electron chi connectivity index (χ3n) is 3.39. The second-order valence-electron chi connectivity index (χ2n) is 5.29. The van der Waals surface area contributed by atoms with Gasteiger partial charge in [-0.1, -0.05) is 40.9 Å². The number of nitrogens with one attached hydrogen (secondary N) is 1. The molecule has 0 heterocycles. The van der Waals surface area contributed by atoms with Gasteiger partial charge in [-0.2, -0.15) is 0 Å². The second-order valence-corrected chi connectivity index (χ2v) is 6.51. The number of hydrogen-bond donors (Lipinski definition) is 1. The summed E-state index contributed by atoms with van der Waals surface area (Å²) >= 11 is 17.4. The molecule has 9 heteroatoms. The van der Waals surface area contributed by atoms with Crippen molar-refractivity contribution in [2.45, 2.75) is 13.0 Å². The lowest BCUT2D eigenvalue weighted by Gasteiger charge is -2.15. The Bertz CT molecular complexity index is 861. The normalized spacial score (nSPS) is 11.8. The van der Waals surface area contributed by atoms with Gasteiger partial charge in [-0.05, 0) is 36.8 Å². The molecule has 2 aromatic rings. The van der Waals surface area contributed by atoms with Crippen LogP contribution in [0.15, 0.2) is 30.3 Å². The van der Waals surface area contributed by atoms with Crippen LogP contribution in [0, 0.1) is 11.6 Å². The number of hydrogen-bond acceptors (Lipinski definition) is 3. The molecule has 4 nitrogen and oxygen atoms in total. The van der Waals surface area contributed by atoms with Crippen LogP contribution in [0.1, 0.15) is 28.9 Å². The number of esters is 1. The number of benzene rings is 2. The van der Waals surface area contributed by atoms with Crippen LogP contribution in [0.25, 0.3) is 0 Å².